The number of rotatable bonds is 4. The van der Waals surface area contributed by atoms with Crippen molar-refractivity contribution in [3.05, 3.63) is 58.1 Å². The molecular weight excluding hydrogens is 310 g/mol. The van der Waals surface area contributed by atoms with Crippen molar-refractivity contribution < 1.29 is 13.6 Å². The number of halogens is 3. The van der Waals surface area contributed by atoms with Crippen LogP contribution in [0.15, 0.2) is 30.3 Å². The summed E-state index contributed by atoms with van der Waals surface area (Å²) in [4.78, 5) is 11.9. The second kappa shape index (κ2) is 6.75. The molecule has 2 aromatic carbocycles. The van der Waals surface area contributed by atoms with Crippen LogP contribution in [0.2, 0.25) is 5.02 Å². The Morgan fingerprint density at radius 2 is 1.91 bits per heavy atom. The molecule has 0 unspecified atom stereocenters. The number of carbonyl (C=O) groups excluding carboxylic acids is 1. The van der Waals surface area contributed by atoms with Crippen molar-refractivity contribution in [1.29, 1.82) is 0 Å². The Labute approximate surface area is 132 Å². The molecule has 0 aromatic heterocycles. The van der Waals surface area contributed by atoms with Gasteiger partial charge in [-0.05, 0) is 43.2 Å². The van der Waals surface area contributed by atoms with E-state index in [1.54, 1.807) is 6.07 Å². The molecular formula is C16H15ClF2N2O. The summed E-state index contributed by atoms with van der Waals surface area (Å²) in [6.45, 7) is 3.58. The molecule has 0 heterocycles. The van der Waals surface area contributed by atoms with Crippen molar-refractivity contribution in [2.75, 3.05) is 17.2 Å². The van der Waals surface area contributed by atoms with Crippen molar-refractivity contribution in [3.63, 3.8) is 0 Å². The Bertz CT molecular complexity index is 696. The number of hydrogen-bond donors (Lipinski definition) is 2. The smallest absolute Gasteiger partial charge is 0.243 e. The van der Waals surface area contributed by atoms with Gasteiger partial charge in [-0.1, -0.05) is 17.7 Å². The first-order valence-corrected chi connectivity index (χ1v) is 7.00. The van der Waals surface area contributed by atoms with Crippen molar-refractivity contribution in [1.82, 2.24) is 0 Å². The Kier molecular flexibility index (Phi) is 4.98. The van der Waals surface area contributed by atoms with Crippen molar-refractivity contribution in [2.24, 2.45) is 0 Å². The highest BCUT2D eigenvalue weighted by Gasteiger charge is 2.10. The maximum atomic E-state index is 13.4. The Hall–Kier alpha value is -2.14. The number of anilines is 2. The summed E-state index contributed by atoms with van der Waals surface area (Å²) in [5.41, 5.74) is 2.42. The van der Waals surface area contributed by atoms with Gasteiger partial charge in [0, 0.05) is 6.07 Å². The van der Waals surface area contributed by atoms with E-state index in [4.69, 9.17) is 11.6 Å². The first-order valence-electron chi connectivity index (χ1n) is 6.62. The summed E-state index contributed by atoms with van der Waals surface area (Å²) in [5, 5.41) is 5.73. The van der Waals surface area contributed by atoms with E-state index in [1.165, 1.54) is 6.07 Å². The van der Waals surface area contributed by atoms with Crippen LogP contribution in [0.3, 0.4) is 0 Å². The van der Waals surface area contributed by atoms with Gasteiger partial charge in [0.25, 0.3) is 0 Å². The molecule has 0 fully saturated rings. The average molecular weight is 325 g/mol. The second-order valence-electron chi connectivity index (χ2n) is 4.96. The van der Waals surface area contributed by atoms with Gasteiger partial charge in [-0.2, -0.15) is 0 Å². The largest absolute Gasteiger partial charge is 0.374 e. The SMILES string of the molecule is Cc1cc(C)c(NC(=O)CNc2ccc(F)cc2F)c(Cl)c1. The van der Waals surface area contributed by atoms with Gasteiger partial charge in [0.05, 0.1) is 22.9 Å². The quantitative estimate of drug-likeness (QED) is 0.881. The van der Waals surface area contributed by atoms with Crippen LogP contribution in [0.5, 0.6) is 0 Å². The highest BCUT2D eigenvalue weighted by atomic mass is 35.5. The summed E-state index contributed by atoms with van der Waals surface area (Å²) in [6, 6.07) is 6.75. The monoisotopic (exact) mass is 324 g/mol. The summed E-state index contributed by atoms with van der Waals surface area (Å²) in [7, 11) is 0. The molecule has 0 aliphatic heterocycles. The molecule has 0 aliphatic carbocycles. The van der Waals surface area contributed by atoms with Gasteiger partial charge >= 0.3 is 0 Å². The van der Waals surface area contributed by atoms with E-state index < -0.39 is 11.6 Å². The first kappa shape index (κ1) is 16.2. The zero-order valence-corrected chi connectivity index (χ0v) is 12.9. The Morgan fingerprint density at radius 1 is 1.18 bits per heavy atom. The van der Waals surface area contributed by atoms with Crippen molar-refractivity contribution in [2.45, 2.75) is 13.8 Å². The van der Waals surface area contributed by atoms with Gasteiger partial charge in [-0.3, -0.25) is 4.79 Å². The Balaban J connectivity index is 2.02. The summed E-state index contributed by atoms with van der Waals surface area (Å²) in [5.74, 6) is -1.80. The normalized spacial score (nSPS) is 10.4. The van der Waals surface area contributed by atoms with Gasteiger partial charge in [0.15, 0.2) is 0 Å². The minimum absolute atomic E-state index is 0.0586. The van der Waals surface area contributed by atoms with E-state index in [-0.39, 0.29) is 18.1 Å². The van der Waals surface area contributed by atoms with E-state index >= 15 is 0 Å². The molecule has 6 heteroatoms. The zero-order chi connectivity index (χ0) is 16.3. The van der Waals surface area contributed by atoms with Crippen molar-refractivity contribution in [3.8, 4) is 0 Å². The number of nitrogens with one attached hydrogen (secondary N) is 2. The van der Waals surface area contributed by atoms with E-state index in [0.29, 0.717) is 10.7 Å². The van der Waals surface area contributed by atoms with Crippen LogP contribution < -0.4 is 10.6 Å². The standard InChI is InChI=1S/C16H15ClF2N2O/c1-9-5-10(2)16(12(17)6-9)21-15(22)8-20-14-4-3-11(18)7-13(14)19/h3-7,20H,8H2,1-2H3,(H,21,22). The minimum Gasteiger partial charge on any atom is -0.374 e. The average Bonchev–Trinajstić information content (AvgIpc) is 2.42. The highest BCUT2D eigenvalue weighted by Crippen LogP contribution is 2.27. The predicted molar refractivity (Wildman–Crippen MR) is 84.4 cm³/mol. The van der Waals surface area contributed by atoms with Gasteiger partial charge in [0.2, 0.25) is 5.91 Å². The molecule has 0 spiro atoms. The fraction of sp³-hybridized carbons (Fsp3) is 0.188. The van der Waals surface area contributed by atoms with Crippen LogP contribution in [0.4, 0.5) is 20.2 Å². The maximum Gasteiger partial charge on any atom is 0.243 e. The molecule has 0 saturated heterocycles. The Morgan fingerprint density at radius 3 is 2.55 bits per heavy atom. The van der Waals surface area contributed by atoms with Crippen LogP contribution in [0.25, 0.3) is 0 Å². The third kappa shape index (κ3) is 3.95. The summed E-state index contributed by atoms with van der Waals surface area (Å²) < 4.78 is 26.2. The van der Waals surface area contributed by atoms with Crippen LogP contribution in [-0.4, -0.2) is 12.5 Å². The number of aryl methyl sites for hydroxylation is 2. The molecule has 1 amide bonds. The highest BCUT2D eigenvalue weighted by molar-refractivity contribution is 6.34. The molecule has 116 valence electrons. The molecule has 2 rings (SSSR count). The lowest BCUT2D eigenvalue weighted by molar-refractivity contribution is -0.114. The molecule has 22 heavy (non-hydrogen) atoms. The molecule has 0 saturated carbocycles. The number of hydrogen-bond acceptors (Lipinski definition) is 2. The van der Waals surface area contributed by atoms with E-state index in [9.17, 15) is 13.6 Å². The fourth-order valence-corrected chi connectivity index (χ4v) is 2.43. The van der Waals surface area contributed by atoms with Gasteiger partial charge in [-0.15, -0.1) is 0 Å². The molecule has 3 nitrogen and oxygen atoms in total. The molecule has 0 atom stereocenters. The first-order chi connectivity index (χ1) is 10.4. The van der Waals surface area contributed by atoms with Crippen molar-refractivity contribution >= 4 is 28.9 Å². The number of carbonyl (C=O) groups is 1. The molecule has 2 N–H and O–H groups in total. The topological polar surface area (TPSA) is 41.1 Å². The van der Waals surface area contributed by atoms with E-state index in [2.05, 4.69) is 10.6 Å². The molecule has 0 aliphatic rings. The van der Waals surface area contributed by atoms with E-state index in [0.717, 1.165) is 23.3 Å². The van der Waals surface area contributed by atoms with Gasteiger partial charge < -0.3 is 10.6 Å². The van der Waals surface area contributed by atoms with Gasteiger partial charge in [-0.25, -0.2) is 8.78 Å². The molecule has 2 aromatic rings. The third-order valence-corrected chi connectivity index (χ3v) is 3.36. The van der Waals surface area contributed by atoms with Crippen LogP contribution >= 0.6 is 11.6 Å². The number of benzene rings is 2. The number of amides is 1. The van der Waals surface area contributed by atoms with E-state index in [1.807, 2.05) is 19.9 Å². The fourth-order valence-electron chi connectivity index (χ4n) is 2.07. The zero-order valence-electron chi connectivity index (χ0n) is 12.1. The van der Waals surface area contributed by atoms with Gasteiger partial charge in [0.1, 0.15) is 11.6 Å². The van der Waals surface area contributed by atoms with Crippen LogP contribution in [-0.2, 0) is 4.79 Å². The summed E-state index contributed by atoms with van der Waals surface area (Å²) in [6.07, 6.45) is 0. The lowest BCUT2D eigenvalue weighted by Crippen LogP contribution is -2.22. The minimum atomic E-state index is -0.752. The maximum absolute atomic E-state index is 13.4. The van der Waals surface area contributed by atoms with Crippen LogP contribution in [0.1, 0.15) is 11.1 Å². The molecule has 0 radical (unpaired) electrons. The third-order valence-electron chi connectivity index (χ3n) is 3.07. The molecule has 0 bridgehead atoms. The summed E-state index contributed by atoms with van der Waals surface area (Å²) >= 11 is 6.10. The predicted octanol–water partition coefficient (Wildman–Crippen LogP) is 4.29. The van der Waals surface area contributed by atoms with Crippen LogP contribution in [0, 0.1) is 25.5 Å². The second-order valence-corrected chi connectivity index (χ2v) is 5.37. The lowest BCUT2D eigenvalue weighted by atomic mass is 10.1. The lowest BCUT2D eigenvalue weighted by Gasteiger charge is -2.12.